The van der Waals surface area contributed by atoms with Gasteiger partial charge in [0.1, 0.15) is 0 Å². The summed E-state index contributed by atoms with van der Waals surface area (Å²) in [7, 11) is 0. The molecular formula is C49H62Cl2Zr-2. The van der Waals surface area contributed by atoms with Crippen LogP contribution >= 0.6 is 0 Å². The summed E-state index contributed by atoms with van der Waals surface area (Å²) >= 11 is 1.51. The Morgan fingerprint density at radius 3 is 1.79 bits per heavy atom. The van der Waals surface area contributed by atoms with Gasteiger partial charge in [-0.15, -0.1) is 16.7 Å². The SMILES string of the molecule is CC1[C-]=CC(C2(C)C3CC4CC(C3)CC2C4)=C1.C[C](=[Zr+2])c1ccc(C)cc1.Cc1[c-]c2c(cc1C(C)(C)C)-c1cc(C(C)(C)C)c(C)cc1C2.[Cl-].[Cl-]. The normalized spacial score (nSPS) is 26.1. The Labute approximate surface area is 345 Å². The standard InChI is InChI=1S/C23H29.C17H23.C9H10.2ClH.Zr/c1-14-9-16-11-17-10-15(2)21(23(6,7)8)13-19(17)18(16)12-20(14)22(3,4)5;1-11-3-4-14(5-11)17(2)15-7-12-6-13(9-15)10-16(17)8-12;1-3-9-6-4-8(2)5-7-9;;;/h9,12-13H,11H2,1-8H3;4-5,11-13,15-16H,6-10H2,1-2H3;4-7H,1-2H3;2*1H;/q2*-1;;;;+2/p-2. The zero-order chi connectivity index (χ0) is 36.3. The molecule has 6 aliphatic rings. The predicted octanol–water partition coefficient (Wildman–Crippen LogP) is 6.74. The van der Waals surface area contributed by atoms with Crippen LogP contribution in [0.25, 0.3) is 11.1 Å². The molecule has 278 valence electrons. The van der Waals surface area contributed by atoms with E-state index in [2.05, 4.69) is 150 Å². The maximum absolute atomic E-state index is 3.69. The molecule has 4 saturated carbocycles. The van der Waals surface area contributed by atoms with Gasteiger partial charge in [-0.3, -0.25) is 6.08 Å². The maximum Gasteiger partial charge on any atom is -0.0129 e. The van der Waals surface area contributed by atoms with Crippen LogP contribution in [0.3, 0.4) is 0 Å². The van der Waals surface area contributed by atoms with Gasteiger partial charge < -0.3 is 24.8 Å². The van der Waals surface area contributed by atoms with E-state index in [0.717, 1.165) is 30.1 Å². The second-order valence-electron chi connectivity index (χ2n) is 19.0. The molecule has 3 aromatic rings. The molecule has 0 spiro atoms. The summed E-state index contributed by atoms with van der Waals surface area (Å²) in [5.41, 5.74) is 16.5. The Kier molecular flexibility index (Phi) is 13.5. The molecule has 0 amide bonds. The van der Waals surface area contributed by atoms with Crippen LogP contribution in [0.2, 0.25) is 0 Å². The van der Waals surface area contributed by atoms with Crippen LogP contribution < -0.4 is 24.8 Å². The molecule has 0 saturated heterocycles. The third-order valence-corrected chi connectivity index (χ3v) is 13.7. The van der Waals surface area contributed by atoms with Crippen LogP contribution in [0.4, 0.5) is 0 Å². The minimum Gasteiger partial charge on any atom is -1.00 e. The van der Waals surface area contributed by atoms with Crippen LogP contribution in [-0.4, -0.2) is 3.21 Å². The Hall–Kier alpha value is -1.53. The van der Waals surface area contributed by atoms with Crippen LogP contribution in [-0.2, 0) is 41.5 Å². The van der Waals surface area contributed by atoms with Crippen molar-refractivity contribution in [2.45, 2.75) is 132 Å². The fourth-order valence-corrected chi connectivity index (χ4v) is 10.8. The van der Waals surface area contributed by atoms with E-state index >= 15 is 0 Å². The van der Waals surface area contributed by atoms with Gasteiger partial charge >= 0.3 is 76.7 Å². The molecule has 1 unspecified atom stereocenters. The zero-order valence-electron chi connectivity index (χ0n) is 34.1. The largest absolute Gasteiger partial charge is 1.00 e. The van der Waals surface area contributed by atoms with Gasteiger partial charge in [-0.2, -0.15) is 29.3 Å². The van der Waals surface area contributed by atoms with Gasteiger partial charge in [0.25, 0.3) is 0 Å². The van der Waals surface area contributed by atoms with Gasteiger partial charge in [0.2, 0.25) is 0 Å². The fourth-order valence-electron chi connectivity index (χ4n) is 10.4. The monoisotopic (exact) mass is 810 g/mol. The molecule has 9 rings (SSSR count). The van der Waals surface area contributed by atoms with Crippen molar-refractivity contribution in [3.8, 4) is 11.1 Å². The number of fused-ring (bicyclic) bond motifs is 3. The Bertz CT molecular complexity index is 1730. The average molecular weight is 813 g/mol. The van der Waals surface area contributed by atoms with Crippen molar-refractivity contribution in [3.63, 3.8) is 0 Å². The van der Waals surface area contributed by atoms with Gasteiger partial charge in [0.15, 0.2) is 0 Å². The molecule has 1 atom stereocenters. The molecule has 0 N–H and O–H groups in total. The number of halogens is 2. The van der Waals surface area contributed by atoms with Gasteiger partial charge in [0.05, 0.1) is 0 Å². The predicted molar refractivity (Wildman–Crippen MR) is 212 cm³/mol. The molecule has 4 fully saturated rings. The molecular weight excluding hydrogens is 751 g/mol. The van der Waals surface area contributed by atoms with E-state index in [1.165, 1.54) is 109 Å². The third-order valence-electron chi connectivity index (χ3n) is 13.0. The average Bonchev–Trinajstić information content (AvgIpc) is 3.61. The topological polar surface area (TPSA) is 0 Å². The number of benzene rings is 3. The molecule has 3 heteroatoms. The van der Waals surface area contributed by atoms with Crippen molar-refractivity contribution in [1.82, 2.24) is 0 Å². The minimum absolute atomic E-state index is 0. The maximum atomic E-state index is 3.69. The van der Waals surface area contributed by atoms with Crippen molar-refractivity contribution in [2.24, 2.45) is 35.0 Å². The Morgan fingerprint density at radius 2 is 1.31 bits per heavy atom. The van der Waals surface area contributed by atoms with Crippen molar-refractivity contribution >= 4 is 3.21 Å². The summed E-state index contributed by atoms with van der Waals surface area (Å²) in [6.07, 6.45) is 17.0. The quantitative estimate of drug-likeness (QED) is 0.197. The van der Waals surface area contributed by atoms with E-state index in [-0.39, 0.29) is 35.6 Å². The van der Waals surface area contributed by atoms with Gasteiger partial charge in [0, 0.05) is 0 Å². The Morgan fingerprint density at radius 1 is 0.769 bits per heavy atom. The first kappa shape index (κ1) is 43.2. The first-order valence-electron chi connectivity index (χ1n) is 19.5. The van der Waals surface area contributed by atoms with Gasteiger partial charge in [-0.25, -0.2) is 6.08 Å². The summed E-state index contributed by atoms with van der Waals surface area (Å²) in [5, 5.41) is 0. The first-order chi connectivity index (χ1) is 23.3. The van der Waals surface area contributed by atoms with Gasteiger partial charge in [-0.1, -0.05) is 96.8 Å². The summed E-state index contributed by atoms with van der Waals surface area (Å²) < 4.78 is 1.46. The molecule has 0 heterocycles. The molecule has 4 bridgehead atoms. The fraction of sp³-hybridized carbons (Fsp3) is 0.531. The van der Waals surface area contributed by atoms with E-state index < -0.39 is 0 Å². The van der Waals surface area contributed by atoms with E-state index in [1.807, 2.05) is 0 Å². The van der Waals surface area contributed by atoms with Gasteiger partial charge in [-0.05, 0) is 91.2 Å². The second-order valence-corrected chi connectivity index (χ2v) is 20.8. The first-order valence-corrected chi connectivity index (χ1v) is 20.7. The van der Waals surface area contributed by atoms with E-state index in [9.17, 15) is 0 Å². The number of allylic oxidation sites excluding steroid dienone is 4. The number of rotatable bonds is 2. The van der Waals surface area contributed by atoms with E-state index in [1.54, 1.807) is 12.0 Å². The Balaban J connectivity index is 0.000000184. The van der Waals surface area contributed by atoms with Crippen molar-refractivity contribution in [2.75, 3.05) is 0 Å². The molecule has 0 aromatic heterocycles. The summed E-state index contributed by atoms with van der Waals surface area (Å²) in [6, 6.07) is 19.6. The molecule has 6 aliphatic carbocycles. The number of hydrogen-bond donors (Lipinski definition) is 0. The van der Waals surface area contributed by atoms with Crippen LogP contribution in [0.15, 0.2) is 60.2 Å². The van der Waals surface area contributed by atoms with Crippen molar-refractivity contribution in [1.29, 1.82) is 0 Å². The molecule has 0 aliphatic heterocycles. The smallest absolute Gasteiger partial charge is 0.0129 e. The number of aryl methyl sites for hydroxylation is 3. The summed E-state index contributed by atoms with van der Waals surface area (Å²) in [6.45, 7) is 27.4. The van der Waals surface area contributed by atoms with Crippen LogP contribution in [0.5, 0.6) is 0 Å². The molecule has 0 nitrogen and oxygen atoms in total. The summed E-state index contributed by atoms with van der Waals surface area (Å²) in [4.78, 5) is 0. The number of hydrogen-bond acceptors (Lipinski definition) is 0. The van der Waals surface area contributed by atoms with E-state index in [4.69, 9.17) is 0 Å². The van der Waals surface area contributed by atoms with Crippen LogP contribution in [0.1, 0.15) is 139 Å². The van der Waals surface area contributed by atoms with E-state index in [0.29, 0.717) is 11.3 Å². The third kappa shape index (κ3) is 8.79. The second kappa shape index (κ2) is 16.3. The minimum atomic E-state index is 0. The molecule has 52 heavy (non-hydrogen) atoms. The zero-order valence-corrected chi connectivity index (χ0v) is 38.1. The van der Waals surface area contributed by atoms with Crippen LogP contribution in [0, 0.1) is 67.9 Å². The summed E-state index contributed by atoms with van der Waals surface area (Å²) in [5.74, 6) is 4.68. The van der Waals surface area contributed by atoms with Crippen molar-refractivity contribution in [3.05, 3.63) is 117 Å². The van der Waals surface area contributed by atoms with Crippen molar-refractivity contribution < 1.29 is 49.0 Å². The molecule has 3 aromatic carbocycles. The molecule has 0 radical (unpaired) electrons.